The van der Waals surface area contributed by atoms with E-state index in [1.54, 1.807) is 12.1 Å². The maximum absolute atomic E-state index is 12.3. The fourth-order valence-corrected chi connectivity index (χ4v) is 4.02. The van der Waals surface area contributed by atoms with E-state index in [1.165, 1.54) is 4.80 Å². The Labute approximate surface area is 189 Å². The number of phenols is 1. The van der Waals surface area contributed by atoms with Crippen molar-refractivity contribution in [3.05, 3.63) is 42.0 Å². The van der Waals surface area contributed by atoms with E-state index in [1.807, 2.05) is 24.3 Å². The number of rotatable bonds is 9. The molecule has 1 unspecified atom stereocenters. The number of ether oxygens (including phenoxy) is 1. The highest BCUT2D eigenvalue weighted by molar-refractivity contribution is 14.1. The van der Waals surface area contributed by atoms with E-state index >= 15 is 0 Å². The zero-order valence-corrected chi connectivity index (χ0v) is 19.4. The van der Waals surface area contributed by atoms with Gasteiger partial charge in [0.2, 0.25) is 0 Å². The van der Waals surface area contributed by atoms with Gasteiger partial charge in [-0.15, -0.1) is 15.0 Å². The second kappa shape index (κ2) is 10.6. The summed E-state index contributed by atoms with van der Waals surface area (Å²) in [5.41, 5.74) is 3.07. The second-order valence-electron chi connectivity index (χ2n) is 7.21. The van der Waals surface area contributed by atoms with E-state index in [4.69, 9.17) is 4.74 Å². The van der Waals surface area contributed by atoms with Crippen molar-refractivity contribution in [1.82, 2.24) is 15.0 Å². The molecule has 0 saturated heterocycles. The van der Waals surface area contributed by atoms with Crippen molar-refractivity contribution >= 4 is 45.4 Å². The Bertz CT molecular complexity index is 972. The minimum absolute atomic E-state index is 0.0388. The molecule has 0 aliphatic heterocycles. The molecule has 0 bridgehead atoms. The van der Waals surface area contributed by atoms with Crippen molar-refractivity contribution in [1.29, 1.82) is 0 Å². The van der Waals surface area contributed by atoms with Crippen LogP contribution in [0.2, 0.25) is 0 Å². The van der Waals surface area contributed by atoms with Crippen LogP contribution in [-0.4, -0.2) is 32.8 Å². The SMILES string of the molecule is CCCCC(CC)COC(=O)Nc1ccc(-n2nc3ccccc3n2)c(O)c1CI. The number of benzene rings is 2. The molecule has 7 nitrogen and oxygen atoms in total. The van der Waals surface area contributed by atoms with E-state index < -0.39 is 6.09 Å². The number of halogens is 1. The standard InChI is InChI=1S/C22H27IN4O3/c1-3-5-8-15(4-2)14-30-22(29)24-17-11-12-20(21(28)16(17)13-23)27-25-18-9-6-7-10-19(18)26-27/h6-7,9-12,15,28H,3-5,8,13-14H2,1-2H3,(H,24,29). The van der Waals surface area contributed by atoms with Gasteiger partial charge in [-0.1, -0.05) is 67.8 Å². The van der Waals surface area contributed by atoms with Gasteiger partial charge in [-0.05, 0) is 36.6 Å². The number of hydrogen-bond donors (Lipinski definition) is 2. The normalized spacial score (nSPS) is 12.1. The third-order valence-corrected chi connectivity index (χ3v) is 5.89. The summed E-state index contributed by atoms with van der Waals surface area (Å²) in [6.07, 6.45) is 3.79. The van der Waals surface area contributed by atoms with Gasteiger partial charge in [0.15, 0.2) is 0 Å². The quantitative estimate of drug-likeness (QED) is 0.273. The maximum Gasteiger partial charge on any atom is 0.411 e. The summed E-state index contributed by atoms with van der Waals surface area (Å²) in [5.74, 6) is 0.410. The molecule has 0 radical (unpaired) electrons. The summed E-state index contributed by atoms with van der Waals surface area (Å²) in [6.45, 7) is 4.67. The number of anilines is 1. The Hall–Kier alpha value is -2.36. The lowest BCUT2D eigenvalue weighted by molar-refractivity contribution is 0.136. The lowest BCUT2D eigenvalue weighted by Crippen LogP contribution is -2.19. The highest BCUT2D eigenvalue weighted by Gasteiger charge is 2.18. The Kier molecular flexibility index (Phi) is 7.89. The molecule has 0 fully saturated rings. The predicted octanol–water partition coefficient (Wildman–Crippen LogP) is 5.83. The summed E-state index contributed by atoms with van der Waals surface area (Å²) in [5, 5.41) is 22.4. The number of nitrogens with one attached hydrogen (secondary N) is 1. The van der Waals surface area contributed by atoms with Gasteiger partial charge < -0.3 is 9.84 Å². The van der Waals surface area contributed by atoms with E-state index in [-0.39, 0.29) is 5.75 Å². The van der Waals surface area contributed by atoms with Crippen LogP contribution in [-0.2, 0) is 9.16 Å². The van der Waals surface area contributed by atoms with E-state index in [9.17, 15) is 9.90 Å². The van der Waals surface area contributed by atoms with Crippen molar-refractivity contribution in [3.8, 4) is 11.4 Å². The summed E-state index contributed by atoms with van der Waals surface area (Å²) >= 11 is 2.15. The molecule has 1 amide bonds. The fourth-order valence-electron chi connectivity index (χ4n) is 3.24. The number of carbonyl (C=O) groups is 1. The fraction of sp³-hybridized carbons (Fsp3) is 0.409. The van der Waals surface area contributed by atoms with Crippen LogP contribution in [0.5, 0.6) is 5.75 Å². The molecule has 0 aliphatic carbocycles. The molecular formula is C22H27IN4O3. The number of hydrogen-bond acceptors (Lipinski definition) is 5. The molecule has 0 spiro atoms. The molecule has 8 heteroatoms. The van der Waals surface area contributed by atoms with Crippen LogP contribution in [0.15, 0.2) is 36.4 Å². The first kappa shape index (κ1) is 22.3. The van der Waals surface area contributed by atoms with Crippen LogP contribution in [0.4, 0.5) is 10.5 Å². The number of amides is 1. The van der Waals surface area contributed by atoms with E-state index in [0.717, 1.165) is 36.7 Å². The van der Waals surface area contributed by atoms with Crippen LogP contribution in [0.1, 0.15) is 45.1 Å². The topological polar surface area (TPSA) is 89.3 Å². The molecule has 0 saturated carbocycles. The number of nitrogens with zero attached hydrogens (tertiary/aromatic N) is 3. The summed E-state index contributed by atoms with van der Waals surface area (Å²) in [4.78, 5) is 13.7. The van der Waals surface area contributed by atoms with Gasteiger partial charge >= 0.3 is 6.09 Å². The van der Waals surface area contributed by atoms with Crippen LogP contribution in [0.3, 0.4) is 0 Å². The molecule has 1 heterocycles. The van der Waals surface area contributed by atoms with Crippen molar-refractivity contribution in [2.75, 3.05) is 11.9 Å². The van der Waals surface area contributed by atoms with Crippen LogP contribution in [0.25, 0.3) is 16.7 Å². The van der Waals surface area contributed by atoms with Gasteiger partial charge in [-0.2, -0.15) is 0 Å². The summed E-state index contributed by atoms with van der Waals surface area (Å²) < 4.78 is 5.93. The predicted molar refractivity (Wildman–Crippen MR) is 127 cm³/mol. The molecular weight excluding hydrogens is 495 g/mol. The third kappa shape index (κ3) is 5.21. The van der Waals surface area contributed by atoms with Crippen LogP contribution in [0, 0.1) is 5.92 Å². The van der Waals surface area contributed by atoms with Gasteiger partial charge in [0.1, 0.15) is 22.5 Å². The van der Waals surface area contributed by atoms with Crippen molar-refractivity contribution in [2.45, 2.75) is 44.0 Å². The Morgan fingerprint density at radius 2 is 1.90 bits per heavy atom. The third-order valence-electron chi connectivity index (χ3n) is 5.13. The number of fused-ring (bicyclic) bond motifs is 1. The lowest BCUT2D eigenvalue weighted by Gasteiger charge is -2.16. The summed E-state index contributed by atoms with van der Waals surface area (Å²) in [6, 6.07) is 10.9. The molecule has 2 N–H and O–H groups in total. The molecule has 1 aromatic heterocycles. The van der Waals surface area contributed by atoms with Crippen molar-refractivity contribution in [2.24, 2.45) is 5.92 Å². The van der Waals surface area contributed by atoms with Gasteiger partial charge in [-0.25, -0.2) is 4.79 Å². The number of carbonyl (C=O) groups excluding carboxylic acids is 1. The Balaban J connectivity index is 1.74. The van der Waals surface area contributed by atoms with Gasteiger partial charge in [-0.3, -0.25) is 5.32 Å². The Morgan fingerprint density at radius 3 is 2.50 bits per heavy atom. The number of aromatic nitrogens is 3. The first-order valence-electron chi connectivity index (χ1n) is 10.2. The van der Waals surface area contributed by atoms with Crippen LogP contribution < -0.4 is 5.32 Å². The number of unbranched alkanes of at least 4 members (excludes halogenated alkanes) is 1. The van der Waals surface area contributed by atoms with Gasteiger partial charge in [0, 0.05) is 9.99 Å². The van der Waals surface area contributed by atoms with E-state index in [0.29, 0.717) is 33.9 Å². The van der Waals surface area contributed by atoms with Crippen LogP contribution >= 0.6 is 22.6 Å². The zero-order valence-electron chi connectivity index (χ0n) is 17.3. The first-order chi connectivity index (χ1) is 14.6. The lowest BCUT2D eigenvalue weighted by atomic mass is 10.0. The van der Waals surface area contributed by atoms with Crippen molar-refractivity contribution in [3.63, 3.8) is 0 Å². The average Bonchev–Trinajstić information content (AvgIpc) is 3.18. The maximum atomic E-state index is 12.3. The van der Waals surface area contributed by atoms with Gasteiger partial charge in [0.05, 0.1) is 12.3 Å². The van der Waals surface area contributed by atoms with E-state index in [2.05, 4.69) is 52.0 Å². The van der Waals surface area contributed by atoms with Crippen molar-refractivity contribution < 1.29 is 14.6 Å². The highest BCUT2D eigenvalue weighted by atomic mass is 127. The molecule has 2 aromatic carbocycles. The second-order valence-corrected chi connectivity index (χ2v) is 7.97. The van der Waals surface area contributed by atoms with Gasteiger partial charge in [0.25, 0.3) is 0 Å². The first-order valence-corrected chi connectivity index (χ1v) is 11.8. The number of aromatic hydroxyl groups is 1. The molecule has 3 rings (SSSR count). The molecule has 1 atom stereocenters. The number of alkyl halides is 1. The Morgan fingerprint density at radius 1 is 1.20 bits per heavy atom. The average molecular weight is 522 g/mol. The largest absolute Gasteiger partial charge is 0.505 e. The molecule has 30 heavy (non-hydrogen) atoms. The summed E-state index contributed by atoms with van der Waals surface area (Å²) in [7, 11) is 0. The monoisotopic (exact) mass is 522 g/mol. The minimum atomic E-state index is -0.508. The molecule has 0 aliphatic rings. The molecule has 3 aromatic rings. The zero-order chi connectivity index (χ0) is 21.5. The highest BCUT2D eigenvalue weighted by Crippen LogP contribution is 2.34. The smallest absolute Gasteiger partial charge is 0.411 e. The minimum Gasteiger partial charge on any atom is -0.505 e. The number of phenolic OH excluding ortho intramolecular Hbond substituents is 1. The molecule has 160 valence electrons.